The van der Waals surface area contributed by atoms with Crippen molar-refractivity contribution in [1.82, 2.24) is 15.5 Å². The van der Waals surface area contributed by atoms with Crippen molar-refractivity contribution in [3.05, 3.63) is 59.6 Å². The average Bonchev–Trinajstić information content (AvgIpc) is 2.76. The van der Waals surface area contributed by atoms with Gasteiger partial charge in [-0.2, -0.15) is 0 Å². The number of urea groups is 1. The van der Waals surface area contributed by atoms with E-state index >= 15 is 0 Å². The van der Waals surface area contributed by atoms with Gasteiger partial charge in [-0.1, -0.05) is 18.2 Å². The maximum Gasteiger partial charge on any atom is 0.319 e. The molecule has 1 aromatic carbocycles. The van der Waals surface area contributed by atoms with Crippen LogP contribution in [-0.4, -0.2) is 29.9 Å². The van der Waals surface area contributed by atoms with Gasteiger partial charge in [0.05, 0.1) is 23.9 Å². The van der Waals surface area contributed by atoms with E-state index in [1.54, 1.807) is 23.1 Å². The minimum Gasteiger partial charge on any atom is -0.329 e. The molecule has 0 saturated carbocycles. The first-order valence-corrected chi connectivity index (χ1v) is 6.56. The van der Waals surface area contributed by atoms with Gasteiger partial charge < -0.3 is 15.5 Å². The molecule has 0 aromatic heterocycles. The van der Waals surface area contributed by atoms with Gasteiger partial charge in [-0.3, -0.25) is 4.79 Å². The van der Waals surface area contributed by atoms with Gasteiger partial charge in [0.15, 0.2) is 0 Å². The molecule has 21 heavy (non-hydrogen) atoms. The zero-order valence-electron chi connectivity index (χ0n) is 11.2. The number of hydrogen-bond donors (Lipinski definition) is 2. The number of halogens is 1. The van der Waals surface area contributed by atoms with Crippen LogP contribution in [0, 0.1) is 5.82 Å². The standard InChI is InChI=1S/C15H14FN3O2/c1-2-7-19-8-11-12(14(19)20)13(18-15(21)17-11)9-3-5-10(16)6-4-9/h2-6,13H,1,7-8H2,(H2,17,18,21)/t13-/m0/s1. The van der Waals surface area contributed by atoms with Crippen molar-refractivity contribution >= 4 is 11.9 Å². The highest BCUT2D eigenvalue weighted by Crippen LogP contribution is 2.32. The summed E-state index contributed by atoms with van der Waals surface area (Å²) < 4.78 is 13.0. The molecule has 0 radical (unpaired) electrons. The molecule has 0 spiro atoms. The fourth-order valence-electron chi connectivity index (χ4n) is 2.64. The summed E-state index contributed by atoms with van der Waals surface area (Å²) in [5, 5.41) is 5.38. The Morgan fingerprint density at radius 3 is 2.71 bits per heavy atom. The van der Waals surface area contributed by atoms with Gasteiger partial charge in [-0.05, 0) is 17.7 Å². The Labute approximate surface area is 121 Å². The van der Waals surface area contributed by atoms with Crippen LogP contribution in [0.3, 0.4) is 0 Å². The van der Waals surface area contributed by atoms with Crippen LogP contribution < -0.4 is 10.6 Å². The molecule has 3 amide bonds. The minimum absolute atomic E-state index is 0.147. The highest BCUT2D eigenvalue weighted by Gasteiger charge is 2.39. The fourth-order valence-corrected chi connectivity index (χ4v) is 2.64. The van der Waals surface area contributed by atoms with Crippen LogP contribution in [-0.2, 0) is 4.79 Å². The SMILES string of the molecule is C=CCN1CC2=C(C1=O)[C@H](c1ccc(F)cc1)NC(=O)N2. The normalized spacial score (nSPS) is 21.0. The van der Waals surface area contributed by atoms with E-state index in [2.05, 4.69) is 17.2 Å². The highest BCUT2D eigenvalue weighted by atomic mass is 19.1. The monoisotopic (exact) mass is 287 g/mol. The number of nitrogens with one attached hydrogen (secondary N) is 2. The summed E-state index contributed by atoms with van der Waals surface area (Å²) in [4.78, 5) is 25.8. The van der Waals surface area contributed by atoms with Crippen molar-refractivity contribution in [2.45, 2.75) is 6.04 Å². The number of nitrogens with zero attached hydrogens (tertiary/aromatic N) is 1. The van der Waals surface area contributed by atoms with Crippen molar-refractivity contribution in [3.63, 3.8) is 0 Å². The molecule has 0 bridgehead atoms. The first-order valence-electron chi connectivity index (χ1n) is 6.56. The van der Waals surface area contributed by atoms with E-state index in [0.717, 1.165) is 0 Å². The molecular weight excluding hydrogens is 273 g/mol. The summed E-state index contributed by atoms with van der Waals surface area (Å²) in [5.41, 5.74) is 1.77. The van der Waals surface area contributed by atoms with Gasteiger partial charge in [0, 0.05) is 6.54 Å². The summed E-state index contributed by atoms with van der Waals surface area (Å²) in [5.74, 6) is -0.508. The van der Waals surface area contributed by atoms with Crippen LogP contribution in [0.25, 0.3) is 0 Å². The van der Waals surface area contributed by atoms with Crippen molar-refractivity contribution in [1.29, 1.82) is 0 Å². The third-order valence-corrected chi connectivity index (χ3v) is 3.57. The zero-order chi connectivity index (χ0) is 15.0. The van der Waals surface area contributed by atoms with Crippen LogP contribution in [0.15, 0.2) is 48.2 Å². The molecule has 0 saturated heterocycles. The molecule has 1 atom stereocenters. The number of carbonyl (C=O) groups is 2. The largest absolute Gasteiger partial charge is 0.329 e. The maximum atomic E-state index is 13.0. The molecule has 1 aromatic rings. The quantitative estimate of drug-likeness (QED) is 0.827. The topological polar surface area (TPSA) is 61.4 Å². The van der Waals surface area contributed by atoms with Gasteiger partial charge in [0.1, 0.15) is 5.82 Å². The molecular formula is C15H14FN3O2. The minimum atomic E-state index is -0.559. The third kappa shape index (κ3) is 2.29. The number of benzene rings is 1. The first-order chi connectivity index (χ1) is 10.1. The predicted molar refractivity (Wildman–Crippen MR) is 74.6 cm³/mol. The highest BCUT2D eigenvalue weighted by molar-refractivity contribution is 6.01. The smallest absolute Gasteiger partial charge is 0.319 e. The van der Waals surface area contributed by atoms with Crippen LogP contribution in [0.4, 0.5) is 9.18 Å². The second-order valence-electron chi connectivity index (χ2n) is 4.95. The Morgan fingerprint density at radius 2 is 2.05 bits per heavy atom. The number of carbonyl (C=O) groups excluding carboxylic acids is 2. The predicted octanol–water partition coefficient (Wildman–Crippen LogP) is 1.46. The van der Waals surface area contributed by atoms with E-state index in [9.17, 15) is 14.0 Å². The van der Waals surface area contributed by atoms with E-state index in [1.807, 2.05) is 0 Å². The molecule has 2 heterocycles. The van der Waals surface area contributed by atoms with E-state index in [4.69, 9.17) is 0 Å². The number of hydrogen-bond acceptors (Lipinski definition) is 2. The van der Waals surface area contributed by atoms with Crippen molar-refractivity contribution in [3.8, 4) is 0 Å². The van der Waals surface area contributed by atoms with Crippen LogP contribution in [0.5, 0.6) is 0 Å². The zero-order valence-corrected chi connectivity index (χ0v) is 11.2. The Bertz CT molecular complexity index is 651. The molecule has 2 aliphatic heterocycles. The fraction of sp³-hybridized carbons (Fsp3) is 0.200. The summed E-state index contributed by atoms with van der Waals surface area (Å²) in [6.07, 6.45) is 1.64. The van der Waals surface area contributed by atoms with E-state index in [-0.39, 0.29) is 17.8 Å². The molecule has 6 heteroatoms. The maximum absolute atomic E-state index is 13.0. The van der Waals surface area contributed by atoms with Crippen molar-refractivity contribution in [2.75, 3.05) is 13.1 Å². The number of amides is 3. The lowest BCUT2D eigenvalue weighted by Crippen LogP contribution is -2.44. The van der Waals surface area contributed by atoms with Gasteiger partial charge in [-0.15, -0.1) is 6.58 Å². The first kappa shape index (κ1) is 13.4. The van der Waals surface area contributed by atoms with E-state index in [1.165, 1.54) is 12.1 Å². The van der Waals surface area contributed by atoms with Crippen molar-refractivity contribution < 1.29 is 14.0 Å². The van der Waals surface area contributed by atoms with E-state index < -0.39 is 6.04 Å². The summed E-state index contributed by atoms with van der Waals surface area (Å²) in [7, 11) is 0. The Morgan fingerprint density at radius 1 is 1.33 bits per heavy atom. The van der Waals surface area contributed by atoms with E-state index in [0.29, 0.717) is 29.9 Å². The lowest BCUT2D eigenvalue weighted by molar-refractivity contribution is -0.125. The van der Waals surface area contributed by atoms with Crippen LogP contribution >= 0.6 is 0 Å². The average molecular weight is 287 g/mol. The summed E-state index contributed by atoms with van der Waals surface area (Å²) in [6.45, 7) is 4.39. The third-order valence-electron chi connectivity index (χ3n) is 3.57. The second kappa shape index (κ2) is 5.05. The second-order valence-corrected chi connectivity index (χ2v) is 4.95. The van der Waals surface area contributed by atoms with Crippen LogP contribution in [0.2, 0.25) is 0 Å². The molecule has 0 unspecified atom stereocenters. The number of rotatable bonds is 3. The van der Waals surface area contributed by atoms with Gasteiger partial charge in [-0.25, -0.2) is 9.18 Å². The molecule has 0 aliphatic carbocycles. The van der Waals surface area contributed by atoms with Crippen molar-refractivity contribution in [2.24, 2.45) is 0 Å². The summed E-state index contributed by atoms with van der Waals surface area (Å²) >= 11 is 0. The van der Waals surface area contributed by atoms with Gasteiger partial charge in [0.2, 0.25) is 0 Å². The Hall–Kier alpha value is -2.63. The van der Waals surface area contributed by atoms with Crippen LogP contribution in [0.1, 0.15) is 11.6 Å². The van der Waals surface area contributed by atoms with Gasteiger partial charge >= 0.3 is 6.03 Å². The Kier molecular flexibility index (Phi) is 3.21. The summed E-state index contributed by atoms with van der Waals surface area (Å²) in [6, 6.07) is 4.84. The Balaban J connectivity index is 1.98. The molecule has 2 aliphatic rings. The molecule has 108 valence electrons. The molecule has 3 rings (SSSR count). The van der Waals surface area contributed by atoms with Gasteiger partial charge in [0.25, 0.3) is 5.91 Å². The lowest BCUT2D eigenvalue weighted by atomic mass is 9.96. The molecule has 0 fully saturated rings. The molecule has 2 N–H and O–H groups in total. The molecule has 5 nitrogen and oxygen atoms in total. The lowest BCUT2D eigenvalue weighted by Gasteiger charge is -2.25.